The SMILES string of the molecule is Fc1ccc(Cc2ccc(F)cc2)cc1.O=c1cnn2c(c1O)-c1nccn1CC2. The molecule has 30 heavy (non-hydrogen) atoms. The van der Waals surface area contributed by atoms with Gasteiger partial charge in [-0.3, -0.25) is 9.48 Å². The molecular weight excluding hydrogens is 390 g/mol. The maximum atomic E-state index is 12.6. The Morgan fingerprint density at radius 2 is 1.53 bits per heavy atom. The fraction of sp³-hybridized carbons (Fsp3) is 0.136. The highest BCUT2D eigenvalue weighted by Gasteiger charge is 2.21. The largest absolute Gasteiger partial charge is 0.503 e. The van der Waals surface area contributed by atoms with Gasteiger partial charge in [0.25, 0.3) is 0 Å². The summed E-state index contributed by atoms with van der Waals surface area (Å²) in [6, 6.07) is 12.7. The molecule has 4 aromatic rings. The summed E-state index contributed by atoms with van der Waals surface area (Å²) in [5.41, 5.74) is 1.96. The van der Waals surface area contributed by atoms with Crippen molar-refractivity contribution in [3.63, 3.8) is 0 Å². The number of rotatable bonds is 2. The van der Waals surface area contributed by atoms with E-state index in [0.717, 1.165) is 23.9 Å². The van der Waals surface area contributed by atoms with Crippen LogP contribution in [-0.4, -0.2) is 24.4 Å². The van der Waals surface area contributed by atoms with Crippen molar-refractivity contribution in [2.75, 3.05) is 0 Å². The van der Waals surface area contributed by atoms with Gasteiger partial charge in [0.1, 0.15) is 17.3 Å². The summed E-state index contributed by atoms with van der Waals surface area (Å²) in [5.74, 6) is -0.170. The maximum absolute atomic E-state index is 12.6. The number of nitrogens with zero attached hydrogens (tertiary/aromatic N) is 4. The van der Waals surface area contributed by atoms with Crippen LogP contribution in [0.3, 0.4) is 0 Å². The Bertz CT molecular complexity index is 1170. The highest BCUT2D eigenvalue weighted by atomic mass is 19.1. The molecule has 2 aromatic carbocycles. The van der Waals surface area contributed by atoms with Crippen molar-refractivity contribution in [2.24, 2.45) is 0 Å². The molecule has 0 radical (unpaired) electrons. The van der Waals surface area contributed by atoms with E-state index < -0.39 is 5.43 Å². The molecule has 1 aliphatic rings. The molecule has 1 N–H and O–H groups in total. The van der Waals surface area contributed by atoms with E-state index in [4.69, 9.17) is 0 Å². The first-order chi connectivity index (χ1) is 14.5. The lowest BCUT2D eigenvalue weighted by Crippen LogP contribution is -2.22. The zero-order valence-corrected chi connectivity index (χ0v) is 15.9. The van der Waals surface area contributed by atoms with E-state index in [1.807, 2.05) is 10.8 Å². The van der Waals surface area contributed by atoms with Crippen molar-refractivity contribution in [1.29, 1.82) is 0 Å². The monoisotopic (exact) mass is 408 g/mol. The average Bonchev–Trinajstić information content (AvgIpc) is 3.23. The molecule has 6 nitrogen and oxygen atoms in total. The second kappa shape index (κ2) is 8.28. The number of benzene rings is 2. The molecule has 3 heterocycles. The fourth-order valence-corrected chi connectivity index (χ4v) is 3.22. The van der Waals surface area contributed by atoms with Gasteiger partial charge < -0.3 is 9.67 Å². The first kappa shape index (κ1) is 19.5. The van der Waals surface area contributed by atoms with Gasteiger partial charge >= 0.3 is 0 Å². The van der Waals surface area contributed by atoms with Crippen molar-refractivity contribution in [1.82, 2.24) is 19.3 Å². The standard InChI is InChI=1S/C13H10F2.C9H8N4O2/c14-12-5-1-10(2-6-12)9-11-3-7-13(15)8-4-11;14-6-5-11-13-4-3-12-2-1-10-9(12)7(13)8(6)15/h1-8H,9H2;1-2,5,15H,3-4H2. The lowest BCUT2D eigenvalue weighted by atomic mass is 10.1. The quantitative estimate of drug-likeness (QED) is 0.552. The number of halogens is 2. The second-order valence-electron chi connectivity index (χ2n) is 6.80. The lowest BCUT2D eigenvalue weighted by molar-refractivity contribution is 0.435. The molecular formula is C22H18F2N4O2. The molecule has 0 spiro atoms. The van der Waals surface area contributed by atoms with E-state index in [-0.39, 0.29) is 17.4 Å². The summed E-state index contributed by atoms with van der Waals surface area (Å²) >= 11 is 0. The molecule has 0 fully saturated rings. The molecule has 0 saturated heterocycles. The van der Waals surface area contributed by atoms with Gasteiger partial charge in [0.15, 0.2) is 11.6 Å². The van der Waals surface area contributed by atoms with Crippen molar-refractivity contribution < 1.29 is 13.9 Å². The molecule has 2 aromatic heterocycles. The Labute approximate surface area is 170 Å². The topological polar surface area (TPSA) is 72.9 Å². The summed E-state index contributed by atoms with van der Waals surface area (Å²) in [6.45, 7) is 1.38. The first-order valence-electron chi connectivity index (χ1n) is 9.31. The molecule has 1 aliphatic heterocycles. The number of aromatic hydroxyl groups is 1. The zero-order chi connectivity index (χ0) is 21.1. The van der Waals surface area contributed by atoms with Gasteiger partial charge in [0.05, 0.1) is 12.7 Å². The van der Waals surface area contributed by atoms with E-state index in [9.17, 15) is 18.7 Å². The van der Waals surface area contributed by atoms with Crippen molar-refractivity contribution >= 4 is 0 Å². The van der Waals surface area contributed by atoms with Crippen LogP contribution in [-0.2, 0) is 19.5 Å². The molecule has 5 rings (SSSR count). The number of aromatic nitrogens is 4. The Morgan fingerprint density at radius 1 is 0.933 bits per heavy atom. The van der Waals surface area contributed by atoms with E-state index >= 15 is 0 Å². The third-order valence-corrected chi connectivity index (χ3v) is 4.74. The Kier molecular flexibility index (Phi) is 5.38. The normalized spacial score (nSPS) is 11.8. The molecule has 0 amide bonds. The highest BCUT2D eigenvalue weighted by molar-refractivity contribution is 5.59. The van der Waals surface area contributed by atoms with Gasteiger partial charge in [-0.1, -0.05) is 24.3 Å². The summed E-state index contributed by atoms with van der Waals surface area (Å²) in [4.78, 5) is 15.4. The number of aryl methyl sites for hydroxylation is 2. The maximum Gasteiger partial charge on any atom is 0.242 e. The molecule has 0 saturated carbocycles. The van der Waals surface area contributed by atoms with E-state index in [0.29, 0.717) is 24.5 Å². The highest BCUT2D eigenvalue weighted by Crippen LogP contribution is 2.26. The fourth-order valence-electron chi connectivity index (χ4n) is 3.22. The van der Waals surface area contributed by atoms with Crippen molar-refractivity contribution in [2.45, 2.75) is 19.5 Å². The zero-order valence-electron chi connectivity index (χ0n) is 15.9. The van der Waals surface area contributed by atoms with Crippen LogP contribution in [0.15, 0.2) is 71.9 Å². The summed E-state index contributed by atoms with van der Waals surface area (Å²) in [5, 5.41) is 13.6. The number of hydrogen-bond donors (Lipinski definition) is 1. The molecule has 8 heteroatoms. The first-order valence-corrected chi connectivity index (χ1v) is 9.31. The minimum Gasteiger partial charge on any atom is -0.503 e. The van der Waals surface area contributed by atoms with Gasteiger partial charge in [-0.2, -0.15) is 5.10 Å². The minimum atomic E-state index is -0.474. The third kappa shape index (κ3) is 4.12. The number of imidazole rings is 1. The van der Waals surface area contributed by atoms with Gasteiger partial charge in [-0.15, -0.1) is 0 Å². The molecule has 0 aliphatic carbocycles. The average molecular weight is 408 g/mol. The van der Waals surface area contributed by atoms with Crippen LogP contribution in [0.4, 0.5) is 8.78 Å². The van der Waals surface area contributed by atoms with E-state index in [1.165, 1.54) is 24.3 Å². The molecule has 152 valence electrons. The van der Waals surface area contributed by atoms with Crippen LogP contribution >= 0.6 is 0 Å². The van der Waals surface area contributed by atoms with Crippen LogP contribution in [0.1, 0.15) is 11.1 Å². The smallest absolute Gasteiger partial charge is 0.242 e. The van der Waals surface area contributed by atoms with Gasteiger partial charge in [-0.25, -0.2) is 13.8 Å². The van der Waals surface area contributed by atoms with Crippen molar-refractivity contribution in [3.05, 3.63) is 100 Å². The summed E-state index contributed by atoms with van der Waals surface area (Å²) in [6.07, 6.45) is 5.27. The number of hydrogen-bond acceptors (Lipinski definition) is 4. The summed E-state index contributed by atoms with van der Waals surface area (Å²) in [7, 11) is 0. The van der Waals surface area contributed by atoms with Crippen LogP contribution in [0, 0.1) is 11.6 Å². The molecule has 0 bridgehead atoms. The van der Waals surface area contributed by atoms with Crippen LogP contribution < -0.4 is 5.43 Å². The molecule has 0 unspecified atom stereocenters. The van der Waals surface area contributed by atoms with E-state index in [1.54, 1.807) is 35.1 Å². The lowest BCUT2D eigenvalue weighted by Gasteiger charge is -2.19. The van der Waals surface area contributed by atoms with Crippen LogP contribution in [0.2, 0.25) is 0 Å². The van der Waals surface area contributed by atoms with Crippen molar-refractivity contribution in [3.8, 4) is 17.3 Å². The predicted octanol–water partition coefficient (Wildman–Crippen LogP) is 3.38. The van der Waals surface area contributed by atoms with Crippen LogP contribution in [0.5, 0.6) is 5.75 Å². The Hall–Kier alpha value is -3.81. The minimum absolute atomic E-state index is 0.238. The third-order valence-electron chi connectivity index (χ3n) is 4.74. The van der Waals surface area contributed by atoms with E-state index in [2.05, 4.69) is 10.1 Å². The van der Waals surface area contributed by atoms with Gasteiger partial charge in [-0.05, 0) is 41.8 Å². The second-order valence-corrected chi connectivity index (χ2v) is 6.80. The Balaban J connectivity index is 0.000000145. The van der Waals surface area contributed by atoms with Crippen LogP contribution in [0.25, 0.3) is 11.5 Å². The molecule has 0 atom stereocenters. The van der Waals surface area contributed by atoms with Gasteiger partial charge in [0.2, 0.25) is 5.43 Å². The Morgan fingerprint density at radius 3 is 2.13 bits per heavy atom. The van der Waals surface area contributed by atoms with Gasteiger partial charge in [0, 0.05) is 18.9 Å². The summed E-state index contributed by atoms with van der Waals surface area (Å²) < 4.78 is 28.7. The number of fused-ring (bicyclic) bond motifs is 3. The predicted molar refractivity (Wildman–Crippen MR) is 107 cm³/mol.